The molecule has 0 amide bonds. The lowest BCUT2D eigenvalue weighted by Crippen LogP contribution is -2.47. The number of anilines is 2. The fourth-order valence-electron chi connectivity index (χ4n) is 5.35. The highest BCUT2D eigenvalue weighted by Gasteiger charge is 2.33. The third kappa shape index (κ3) is 8.18. The Morgan fingerprint density at radius 2 is 1.55 bits per heavy atom. The number of piperazine rings is 1. The molecule has 3 aromatic rings. The molecule has 0 bridgehead atoms. The van der Waals surface area contributed by atoms with Crippen LogP contribution >= 0.6 is 23.5 Å². The molecule has 3 aromatic carbocycles. The van der Waals surface area contributed by atoms with Crippen molar-refractivity contribution in [3.63, 3.8) is 0 Å². The van der Waals surface area contributed by atoms with Crippen molar-refractivity contribution in [2.24, 2.45) is 0 Å². The second-order valence-electron chi connectivity index (χ2n) is 10.9. The van der Waals surface area contributed by atoms with Crippen LogP contribution in [0.25, 0.3) is 0 Å². The maximum atomic E-state index is 13.5. The van der Waals surface area contributed by atoms with Gasteiger partial charge < -0.3 is 14.5 Å². The van der Waals surface area contributed by atoms with E-state index < -0.39 is 11.7 Å². The number of hydrogen-bond acceptors (Lipinski definition) is 8. The molecule has 2 heterocycles. The minimum Gasteiger partial charge on any atom is -0.463 e. The van der Waals surface area contributed by atoms with Crippen LogP contribution < -0.4 is 4.90 Å². The van der Waals surface area contributed by atoms with Crippen molar-refractivity contribution < 1.29 is 27.5 Å². The first-order valence-corrected chi connectivity index (χ1v) is 16.4. The Hall–Kier alpha value is -2.99. The Morgan fingerprint density at radius 3 is 2.23 bits per heavy atom. The maximum Gasteiger partial charge on any atom is 0.416 e. The van der Waals surface area contributed by atoms with Crippen LogP contribution in [0.5, 0.6) is 0 Å². The van der Waals surface area contributed by atoms with E-state index in [9.17, 15) is 22.8 Å². The summed E-state index contributed by atoms with van der Waals surface area (Å²) in [6, 6.07) is 19.1. The van der Waals surface area contributed by atoms with Crippen molar-refractivity contribution in [3.8, 4) is 0 Å². The predicted molar refractivity (Wildman–Crippen MR) is 169 cm³/mol. The maximum absolute atomic E-state index is 13.5. The van der Waals surface area contributed by atoms with Gasteiger partial charge in [-0.25, -0.2) is 0 Å². The molecule has 2 aliphatic heterocycles. The second-order valence-corrected chi connectivity index (χ2v) is 13.4. The molecule has 1 fully saturated rings. The van der Waals surface area contributed by atoms with Gasteiger partial charge in [0.05, 0.1) is 16.9 Å². The predicted octanol–water partition coefficient (Wildman–Crippen LogP) is 7.24. The molecule has 234 valence electrons. The summed E-state index contributed by atoms with van der Waals surface area (Å²) >= 11 is 2.92. The quantitative estimate of drug-likeness (QED) is 0.123. The zero-order chi connectivity index (χ0) is 31.3. The molecule has 0 aliphatic carbocycles. The Morgan fingerprint density at radius 1 is 0.886 bits per heavy atom. The van der Waals surface area contributed by atoms with Gasteiger partial charge in [-0.05, 0) is 69.3 Å². The number of Topliss-reactive ketones (excluding diaryl/α,β-unsaturated/α-hetero) is 1. The Bertz CT molecular complexity index is 1460. The van der Waals surface area contributed by atoms with Crippen LogP contribution in [0.1, 0.15) is 36.2 Å². The second kappa shape index (κ2) is 14.4. The normalized spacial score (nSPS) is 16.2. The number of alkyl halides is 3. The summed E-state index contributed by atoms with van der Waals surface area (Å²) < 4.78 is 46.0. The average molecular weight is 644 g/mol. The van der Waals surface area contributed by atoms with E-state index in [2.05, 4.69) is 9.80 Å². The number of carbonyl (C=O) groups is 2. The number of carbonyl (C=O) groups excluding carboxylic acids is 2. The molecule has 5 rings (SSSR count). The molecule has 1 atom stereocenters. The van der Waals surface area contributed by atoms with Crippen LogP contribution in [-0.4, -0.2) is 79.2 Å². The summed E-state index contributed by atoms with van der Waals surface area (Å²) in [5.41, 5.74) is 1.57. The highest BCUT2D eigenvalue weighted by atomic mass is 32.2. The van der Waals surface area contributed by atoms with Gasteiger partial charge in [0.2, 0.25) is 0 Å². The Balaban J connectivity index is 1.05. The SMILES string of the molecule is CC(=O)c1ccc(SC(C)C(=O)OCCN2CCN(CCCN3c4ccccc4Sc4ccc(C(F)(F)F)cc43)CC2)cc1. The highest BCUT2D eigenvalue weighted by Crippen LogP contribution is 2.49. The van der Waals surface area contributed by atoms with E-state index in [-0.39, 0.29) is 17.0 Å². The summed E-state index contributed by atoms with van der Waals surface area (Å²) in [6.07, 6.45) is -3.57. The third-order valence-corrected chi connectivity index (χ3v) is 10.1. The fraction of sp³-hybridized carbons (Fsp3) is 0.394. The molecular weight excluding hydrogens is 608 g/mol. The van der Waals surface area contributed by atoms with Gasteiger partial charge >= 0.3 is 12.1 Å². The molecule has 44 heavy (non-hydrogen) atoms. The van der Waals surface area contributed by atoms with Gasteiger partial charge in [0, 0.05) is 59.5 Å². The standard InChI is InChI=1S/C33H36F3N3O3S2/c1-23(40)25-8-11-27(12-9-25)43-24(2)32(41)42-21-20-38-18-16-37(17-19-38)14-5-15-39-28-6-3-4-7-30(28)44-31-13-10-26(22-29(31)39)33(34,35)36/h3-4,6-13,22,24H,5,14-21H2,1-2H3. The lowest BCUT2D eigenvalue weighted by molar-refractivity contribution is -0.143. The third-order valence-electron chi connectivity index (χ3n) is 7.83. The van der Waals surface area contributed by atoms with E-state index in [0.29, 0.717) is 30.9 Å². The minimum absolute atomic E-state index is 0.00911. The zero-order valence-corrected chi connectivity index (χ0v) is 26.4. The molecule has 1 saturated heterocycles. The number of rotatable bonds is 11. The van der Waals surface area contributed by atoms with Crippen molar-refractivity contribution in [2.45, 2.75) is 46.4 Å². The summed E-state index contributed by atoms with van der Waals surface area (Å²) in [6.45, 7) is 9.33. The number of nitrogens with zero attached hydrogens (tertiary/aromatic N) is 3. The van der Waals surface area contributed by atoms with Gasteiger partial charge in [-0.1, -0.05) is 36.0 Å². The monoisotopic (exact) mass is 643 g/mol. The van der Waals surface area contributed by atoms with Gasteiger partial charge in [-0.2, -0.15) is 13.2 Å². The van der Waals surface area contributed by atoms with Crippen LogP contribution in [0.15, 0.2) is 81.4 Å². The van der Waals surface area contributed by atoms with Crippen LogP contribution in [0.4, 0.5) is 24.5 Å². The number of fused-ring (bicyclic) bond motifs is 2. The van der Waals surface area contributed by atoms with E-state index in [4.69, 9.17) is 4.74 Å². The van der Waals surface area contributed by atoms with Crippen LogP contribution in [-0.2, 0) is 15.7 Å². The fourth-order valence-corrected chi connectivity index (χ4v) is 7.29. The summed E-state index contributed by atoms with van der Waals surface area (Å²) in [7, 11) is 0. The van der Waals surface area contributed by atoms with E-state index in [1.165, 1.54) is 36.5 Å². The number of para-hydroxylation sites is 1. The van der Waals surface area contributed by atoms with Crippen LogP contribution in [0, 0.1) is 0 Å². The van der Waals surface area contributed by atoms with Crippen LogP contribution in [0.2, 0.25) is 0 Å². The summed E-state index contributed by atoms with van der Waals surface area (Å²) in [5, 5.41) is -0.354. The van der Waals surface area contributed by atoms with Gasteiger partial charge in [-0.15, -0.1) is 11.8 Å². The van der Waals surface area contributed by atoms with Crippen molar-refractivity contribution in [1.82, 2.24) is 9.80 Å². The molecule has 0 radical (unpaired) electrons. The van der Waals surface area contributed by atoms with Crippen LogP contribution in [0.3, 0.4) is 0 Å². The molecule has 0 aromatic heterocycles. The first-order valence-electron chi connectivity index (χ1n) is 14.7. The molecule has 1 unspecified atom stereocenters. The minimum atomic E-state index is -4.39. The molecule has 0 saturated carbocycles. The molecule has 0 spiro atoms. The number of ketones is 1. The van der Waals surface area contributed by atoms with Crippen molar-refractivity contribution in [2.75, 3.05) is 57.3 Å². The number of ether oxygens (including phenoxy) is 1. The Labute approximate surface area is 264 Å². The molecule has 11 heteroatoms. The van der Waals surface area contributed by atoms with E-state index >= 15 is 0 Å². The van der Waals surface area contributed by atoms with Gasteiger partial charge in [0.1, 0.15) is 11.9 Å². The average Bonchev–Trinajstić information content (AvgIpc) is 3.01. The zero-order valence-electron chi connectivity index (χ0n) is 24.8. The summed E-state index contributed by atoms with van der Waals surface area (Å²) in [5.74, 6) is -0.249. The number of esters is 1. The number of halogens is 3. The topological polar surface area (TPSA) is 53.1 Å². The Kier molecular flexibility index (Phi) is 10.6. The lowest BCUT2D eigenvalue weighted by Gasteiger charge is -2.36. The molecule has 0 N–H and O–H groups in total. The van der Waals surface area contributed by atoms with E-state index in [1.807, 2.05) is 48.2 Å². The van der Waals surface area contributed by atoms with Gasteiger partial charge in [0.15, 0.2) is 5.78 Å². The molecule has 2 aliphatic rings. The first kappa shape index (κ1) is 32.4. The molecule has 6 nitrogen and oxygen atoms in total. The number of benzene rings is 3. The lowest BCUT2D eigenvalue weighted by atomic mass is 10.1. The van der Waals surface area contributed by atoms with Crippen molar-refractivity contribution in [1.29, 1.82) is 0 Å². The van der Waals surface area contributed by atoms with E-state index in [1.54, 1.807) is 18.2 Å². The number of thioether (sulfide) groups is 1. The largest absolute Gasteiger partial charge is 0.463 e. The number of hydrogen-bond donors (Lipinski definition) is 0. The first-order chi connectivity index (χ1) is 21.1. The highest BCUT2D eigenvalue weighted by molar-refractivity contribution is 8.00. The van der Waals surface area contributed by atoms with Gasteiger partial charge in [0.25, 0.3) is 0 Å². The summed E-state index contributed by atoms with van der Waals surface area (Å²) in [4.78, 5) is 33.4. The van der Waals surface area contributed by atoms with E-state index in [0.717, 1.165) is 65.6 Å². The van der Waals surface area contributed by atoms with Crippen molar-refractivity contribution in [3.05, 3.63) is 77.9 Å². The van der Waals surface area contributed by atoms with Gasteiger partial charge in [-0.3, -0.25) is 14.5 Å². The van der Waals surface area contributed by atoms with Crippen molar-refractivity contribution >= 4 is 46.7 Å². The molecular formula is C33H36F3N3O3S2. The smallest absolute Gasteiger partial charge is 0.416 e.